The van der Waals surface area contributed by atoms with Crippen molar-refractivity contribution in [3.05, 3.63) is 69.8 Å². The molecule has 0 N–H and O–H groups in total. The zero-order valence-electron chi connectivity index (χ0n) is 11.8. The van der Waals surface area contributed by atoms with Crippen LogP contribution in [0.25, 0.3) is 0 Å². The van der Waals surface area contributed by atoms with E-state index in [1.165, 1.54) is 12.1 Å². The highest BCUT2D eigenvalue weighted by Crippen LogP contribution is 2.30. The summed E-state index contributed by atoms with van der Waals surface area (Å²) in [5.41, 5.74) is 1.72. The first kappa shape index (κ1) is 14.6. The smallest absolute Gasteiger partial charge is 0.438 e. The Morgan fingerprint density at radius 1 is 1.27 bits per heavy atom. The molecule has 22 heavy (non-hydrogen) atoms. The topological polar surface area (TPSA) is 70.8 Å². The highest BCUT2D eigenvalue weighted by Gasteiger charge is 2.22. The molecular formula is C15H14BNO5. The fourth-order valence-corrected chi connectivity index (χ4v) is 2.31. The molecule has 1 saturated heterocycles. The van der Waals surface area contributed by atoms with E-state index in [0.29, 0.717) is 12.4 Å². The molecule has 0 amide bonds. The molecular weight excluding hydrogens is 285 g/mol. The van der Waals surface area contributed by atoms with Crippen molar-refractivity contribution >= 4 is 13.4 Å². The van der Waals surface area contributed by atoms with Gasteiger partial charge in [0.1, 0.15) is 12.4 Å². The minimum atomic E-state index is -0.416. The predicted molar refractivity (Wildman–Crippen MR) is 80.8 cm³/mol. The third-order valence-corrected chi connectivity index (χ3v) is 3.40. The molecule has 0 bridgehead atoms. The molecule has 1 atom stereocenters. The van der Waals surface area contributed by atoms with Gasteiger partial charge in [-0.15, -0.1) is 0 Å². The van der Waals surface area contributed by atoms with Crippen molar-refractivity contribution in [1.29, 1.82) is 0 Å². The van der Waals surface area contributed by atoms with Crippen LogP contribution in [0.5, 0.6) is 5.75 Å². The van der Waals surface area contributed by atoms with Crippen molar-refractivity contribution < 1.29 is 19.0 Å². The lowest BCUT2D eigenvalue weighted by molar-refractivity contribution is -0.384. The highest BCUT2D eigenvalue weighted by molar-refractivity contribution is 6.18. The first-order valence-electron chi connectivity index (χ1n) is 6.88. The van der Waals surface area contributed by atoms with Crippen LogP contribution >= 0.6 is 0 Å². The van der Waals surface area contributed by atoms with E-state index in [-0.39, 0.29) is 26.1 Å². The van der Waals surface area contributed by atoms with Gasteiger partial charge in [-0.05, 0) is 11.6 Å². The maximum absolute atomic E-state index is 10.8. The zero-order valence-corrected chi connectivity index (χ0v) is 11.8. The van der Waals surface area contributed by atoms with Gasteiger partial charge in [0.05, 0.1) is 17.6 Å². The molecule has 3 rings (SSSR count). The molecule has 0 spiro atoms. The second kappa shape index (κ2) is 6.59. The number of nitro benzene ring substituents is 1. The quantitative estimate of drug-likeness (QED) is 0.482. The van der Waals surface area contributed by atoms with Crippen molar-refractivity contribution in [2.24, 2.45) is 0 Å². The van der Waals surface area contributed by atoms with Gasteiger partial charge in [0.15, 0.2) is 0 Å². The number of non-ortho nitro benzene ring substituents is 1. The third kappa shape index (κ3) is 3.27. The van der Waals surface area contributed by atoms with Crippen LogP contribution in [-0.2, 0) is 15.9 Å². The van der Waals surface area contributed by atoms with E-state index in [2.05, 4.69) is 0 Å². The molecule has 2 aromatic rings. The second-order valence-corrected chi connectivity index (χ2v) is 4.90. The Labute approximate surface area is 128 Å². The molecule has 1 heterocycles. The number of rotatable bonds is 5. The van der Waals surface area contributed by atoms with Gasteiger partial charge < -0.3 is 14.0 Å². The Kier molecular flexibility index (Phi) is 4.36. The summed E-state index contributed by atoms with van der Waals surface area (Å²) >= 11 is 0. The lowest BCUT2D eigenvalue weighted by Crippen LogP contribution is -2.05. The van der Waals surface area contributed by atoms with Crippen LogP contribution in [0.4, 0.5) is 5.69 Å². The number of hydrogen-bond acceptors (Lipinski definition) is 5. The molecule has 2 aromatic carbocycles. The van der Waals surface area contributed by atoms with Gasteiger partial charge in [0, 0.05) is 17.7 Å². The molecule has 6 nitrogen and oxygen atoms in total. The molecule has 1 unspecified atom stereocenters. The van der Waals surface area contributed by atoms with E-state index in [4.69, 9.17) is 14.0 Å². The lowest BCUT2D eigenvalue weighted by Gasteiger charge is -2.15. The van der Waals surface area contributed by atoms with Crippen LogP contribution in [0.15, 0.2) is 48.5 Å². The summed E-state index contributed by atoms with van der Waals surface area (Å²) < 4.78 is 16.5. The molecule has 0 aliphatic carbocycles. The van der Waals surface area contributed by atoms with Crippen molar-refractivity contribution in [3.8, 4) is 5.75 Å². The Morgan fingerprint density at radius 2 is 2.14 bits per heavy atom. The summed E-state index contributed by atoms with van der Waals surface area (Å²) in [6, 6.07) is 14.0. The molecule has 1 aliphatic heterocycles. The van der Waals surface area contributed by atoms with E-state index in [1.54, 1.807) is 12.1 Å². The monoisotopic (exact) mass is 299 g/mol. The average molecular weight is 299 g/mol. The molecule has 7 heteroatoms. The molecule has 1 aliphatic rings. The van der Waals surface area contributed by atoms with Crippen LogP contribution < -0.4 is 4.74 Å². The number of benzene rings is 2. The Bertz CT molecular complexity index is 672. The van der Waals surface area contributed by atoms with E-state index >= 15 is 0 Å². The van der Waals surface area contributed by atoms with Gasteiger partial charge >= 0.3 is 7.69 Å². The standard InChI is InChI=1S/C15H14BNO5/c18-17(19)12-5-3-4-11(8-12)9-20-14-7-2-1-6-13(14)15-10-21-16-22-15/h1-8,15-16H,9-10H2. The molecule has 0 saturated carbocycles. The summed E-state index contributed by atoms with van der Waals surface area (Å²) in [6.07, 6.45) is -0.138. The highest BCUT2D eigenvalue weighted by atomic mass is 16.6. The number of nitrogens with zero attached hydrogens (tertiary/aromatic N) is 1. The predicted octanol–water partition coefficient (Wildman–Crippen LogP) is 2.53. The minimum Gasteiger partial charge on any atom is -0.489 e. The first-order chi connectivity index (χ1) is 10.7. The maximum Gasteiger partial charge on any atom is 0.438 e. The number of hydrogen-bond donors (Lipinski definition) is 0. The van der Waals surface area contributed by atoms with Crippen molar-refractivity contribution in [2.45, 2.75) is 12.7 Å². The van der Waals surface area contributed by atoms with Crippen LogP contribution in [0.1, 0.15) is 17.2 Å². The minimum absolute atomic E-state index is 0.0573. The van der Waals surface area contributed by atoms with Crippen LogP contribution in [0.2, 0.25) is 0 Å². The Morgan fingerprint density at radius 3 is 2.91 bits per heavy atom. The Hall–Kier alpha value is -2.38. The number of ether oxygens (including phenoxy) is 1. The summed E-state index contributed by atoms with van der Waals surface area (Å²) in [5, 5.41) is 10.8. The Balaban J connectivity index is 1.74. The fourth-order valence-electron chi connectivity index (χ4n) is 2.31. The number of para-hydroxylation sites is 1. The van der Waals surface area contributed by atoms with Crippen LogP contribution in [0.3, 0.4) is 0 Å². The van der Waals surface area contributed by atoms with Crippen molar-refractivity contribution in [1.82, 2.24) is 0 Å². The SMILES string of the molecule is O=[N+]([O-])c1cccc(COc2ccccc2C2COBO2)c1. The number of nitro groups is 1. The van der Waals surface area contributed by atoms with E-state index < -0.39 is 4.92 Å². The van der Waals surface area contributed by atoms with Crippen molar-refractivity contribution in [3.63, 3.8) is 0 Å². The lowest BCUT2D eigenvalue weighted by atomic mass is 10.1. The van der Waals surface area contributed by atoms with Gasteiger partial charge in [0.25, 0.3) is 5.69 Å². The fraction of sp³-hybridized carbons (Fsp3) is 0.200. The van der Waals surface area contributed by atoms with Crippen LogP contribution in [0, 0.1) is 10.1 Å². The van der Waals surface area contributed by atoms with Crippen molar-refractivity contribution in [2.75, 3.05) is 6.61 Å². The summed E-state index contributed by atoms with van der Waals surface area (Å²) in [5.74, 6) is 0.699. The van der Waals surface area contributed by atoms with Gasteiger partial charge in [0.2, 0.25) is 0 Å². The first-order valence-corrected chi connectivity index (χ1v) is 6.88. The van der Waals surface area contributed by atoms with Crippen LogP contribution in [-0.4, -0.2) is 19.2 Å². The zero-order chi connectivity index (χ0) is 15.4. The maximum atomic E-state index is 10.8. The van der Waals surface area contributed by atoms with E-state index in [1.807, 2.05) is 24.3 Å². The summed E-state index contributed by atoms with van der Waals surface area (Å²) in [6.45, 7) is 0.753. The van der Waals surface area contributed by atoms with Gasteiger partial charge in [-0.25, -0.2) is 0 Å². The van der Waals surface area contributed by atoms with Gasteiger partial charge in [-0.1, -0.05) is 30.3 Å². The molecule has 0 aromatic heterocycles. The van der Waals surface area contributed by atoms with E-state index in [9.17, 15) is 10.1 Å². The third-order valence-electron chi connectivity index (χ3n) is 3.40. The van der Waals surface area contributed by atoms with E-state index in [0.717, 1.165) is 11.1 Å². The molecule has 1 fully saturated rings. The average Bonchev–Trinajstić information content (AvgIpc) is 3.08. The largest absolute Gasteiger partial charge is 0.489 e. The molecule has 112 valence electrons. The normalized spacial score (nSPS) is 17.0. The van der Waals surface area contributed by atoms with Gasteiger partial charge in [-0.2, -0.15) is 0 Å². The second-order valence-electron chi connectivity index (χ2n) is 4.90. The molecule has 0 radical (unpaired) electrons. The summed E-state index contributed by atoms with van der Waals surface area (Å²) in [7, 11) is 0.282. The van der Waals surface area contributed by atoms with Gasteiger partial charge in [-0.3, -0.25) is 10.1 Å². The summed E-state index contributed by atoms with van der Waals surface area (Å²) in [4.78, 5) is 10.4.